The lowest BCUT2D eigenvalue weighted by Gasteiger charge is -2.10. The molecule has 9 nitrogen and oxygen atoms in total. The van der Waals surface area contributed by atoms with E-state index < -0.39 is 0 Å². The van der Waals surface area contributed by atoms with Gasteiger partial charge in [0.2, 0.25) is 11.3 Å². The van der Waals surface area contributed by atoms with Crippen molar-refractivity contribution in [2.75, 3.05) is 5.73 Å². The van der Waals surface area contributed by atoms with E-state index in [1.54, 1.807) is 10.6 Å². The van der Waals surface area contributed by atoms with Crippen molar-refractivity contribution in [1.82, 2.24) is 34.4 Å². The van der Waals surface area contributed by atoms with E-state index in [9.17, 15) is 0 Å². The summed E-state index contributed by atoms with van der Waals surface area (Å²) in [5.74, 6) is 1.12. The van der Waals surface area contributed by atoms with Crippen molar-refractivity contribution in [3.8, 4) is 17.1 Å². The van der Waals surface area contributed by atoms with E-state index in [0.717, 1.165) is 11.0 Å². The molecule has 0 aliphatic carbocycles. The Morgan fingerprint density at radius 3 is 2.52 bits per heavy atom. The van der Waals surface area contributed by atoms with Crippen molar-refractivity contribution in [3.05, 3.63) is 53.6 Å². The van der Waals surface area contributed by atoms with Gasteiger partial charge in [0.15, 0.2) is 5.65 Å². The van der Waals surface area contributed by atoms with E-state index in [4.69, 9.17) is 26.9 Å². The lowest BCUT2D eigenvalue weighted by atomic mass is 10.2. The van der Waals surface area contributed by atoms with Crippen LogP contribution in [0.1, 0.15) is 6.92 Å². The molecule has 0 fully saturated rings. The molecule has 31 heavy (non-hydrogen) atoms. The zero-order chi connectivity index (χ0) is 21.1. The topological polar surface area (TPSA) is 113 Å². The molecule has 0 amide bonds. The lowest BCUT2D eigenvalue weighted by Crippen LogP contribution is -2.04. The maximum Gasteiger partial charge on any atom is 0.245 e. The number of nitrogens with two attached hydrogens (primary N) is 1. The molecule has 10 heteroatoms. The first kappa shape index (κ1) is 17.8. The van der Waals surface area contributed by atoms with E-state index in [-0.39, 0.29) is 5.65 Å². The van der Waals surface area contributed by atoms with E-state index in [0.29, 0.717) is 51.3 Å². The summed E-state index contributed by atoms with van der Waals surface area (Å²) in [5, 5.41) is 8.22. The van der Waals surface area contributed by atoms with Crippen LogP contribution in [0, 0.1) is 0 Å². The third-order valence-electron chi connectivity index (χ3n) is 5.33. The summed E-state index contributed by atoms with van der Waals surface area (Å²) in [6.45, 7) is 2.77. The number of fused-ring (bicyclic) bond motifs is 3. The van der Waals surface area contributed by atoms with Gasteiger partial charge in [-0.1, -0.05) is 35.9 Å². The molecule has 152 valence electrons. The minimum Gasteiger partial charge on any atom is -0.384 e. The predicted molar refractivity (Wildman–Crippen MR) is 118 cm³/mol. The van der Waals surface area contributed by atoms with Crippen LogP contribution < -0.4 is 5.73 Å². The van der Waals surface area contributed by atoms with Crippen LogP contribution in [0.3, 0.4) is 0 Å². The van der Waals surface area contributed by atoms with Crippen LogP contribution >= 0.6 is 11.6 Å². The quantitative estimate of drug-likeness (QED) is 0.446. The average molecular weight is 431 g/mol. The molecule has 2 N–H and O–H groups in total. The number of para-hydroxylation sites is 3. The van der Waals surface area contributed by atoms with E-state index in [1.807, 2.05) is 42.5 Å². The molecule has 6 rings (SSSR count). The number of aryl methyl sites for hydroxylation is 1. The molecular weight excluding hydrogens is 416 g/mol. The zero-order valence-corrected chi connectivity index (χ0v) is 17.1. The Kier molecular flexibility index (Phi) is 3.75. The SMILES string of the molecule is CCn1c(-c2c(N)n(-c3ccccc3Cl)c3nc4nonc4nc23)nc2ccccc21. The first-order chi connectivity index (χ1) is 15.2. The van der Waals surface area contributed by atoms with Crippen LogP contribution in [0.15, 0.2) is 53.2 Å². The van der Waals surface area contributed by atoms with Gasteiger partial charge in [-0.3, -0.25) is 4.57 Å². The summed E-state index contributed by atoms with van der Waals surface area (Å²) in [6, 6.07) is 15.4. The summed E-state index contributed by atoms with van der Waals surface area (Å²) in [4.78, 5) is 14.2. The normalized spacial score (nSPS) is 11.8. The molecule has 2 aromatic carbocycles. The van der Waals surface area contributed by atoms with Crippen LogP contribution in [-0.4, -0.2) is 34.4 Å². The maximum atomic E-state index is 6.73. The molecule has 0 saturated heterocycles. The van der Waals surface area contributed by atoms with Crippen LogP contribution in [0.25, 0.3) is 50.6 Å². The minimum absolute atomic E-state index is 0.286. The maximum absolute atomic E-state index is 6.73. The number of benzene rings is 2. The third-order valence-corrected chi connectivity index (χ3v) is 5.65. The third kappa shape index (κ3) is 2.47. The van der Waals surface area contributed by atoms with E-state index in [1.165, 1.54) is 0 Å². The first-order valence-corrected chi connectivity index (χ1v) is 10.1. The standard InChI is InChI=1S/C21H15ClN8O/c1-2-29-14-10-6-4-8-12(14)24-20(29)15-16-21(26-19-18(25-16)27-31-28-19)30(17(15)23)13-9-5-3-7-11(13)22/h3-10H,2,23H2,1H3. The molecule has 4 heterocycles. The fourth-order valence-corrected chi connectivity index (χ4v) is 4.20. The molecule has 4 aromatic heterocycles. The molecule has 0 saturated carbocycles. The Labute approximate surface area is 180 Å². The summed E-state index contributed by atoms with van der Waals surface area (Å²) in [7, 11) is 0. The van der Waals surface area contributed by atoms with Gasteiger partial charge in [0.05, 0.1) is 27.3 Å². The van der Waals surface area contributed by atoms with Gasteiger partial charge in [-0.2, -0.15) is 0 Å². The van der Waals surface area contributed by atoms with E-state index >= 15 is 0 Å². The van der Waals surface area contributed by atoms with Crippen LogP contribution in [-0.2, 0) is 6.54 Å². The summed E-state index contributed by atoms with van der Waals surface area (Å²) < 4.78 is 8.70. The fraction of sp³-hybridized carbons (Fsp3) is 0.0952. The Morgan fingerprint density at radius 1 is 0.968 bits per heavy atom. The molecule has 0 bridgehead atoms. The Morgan fingerprint density at radius 2 is 1.71 bits per heavy atom. The second-order valence-electron chi connectivity index (χ2n) is 7.02. The number of aromatic nitrogens is 7. The molecule has 0 radical (unpaired) electrons. The highest BCUT2D eigenvalue weighted by atomic mass is 35.5. The zero-order valence-electron chi connectivity index (χ0n) is 16.3. The van der Waals surface area contributed by atoms with Crippen molar-refractivity contribution in [1.29, 1.82) is 0 Å². The Hall–Kier alpha value is -3.98. The molecule has 0 aliphatic rings. The number of nitrogens with zero attached hydrogens (tertiary/aromatic N) is 7. The number of halogens is 1. The molecule has 0 spiro atoms. The predicted octanol–water partition coefficient (Wildman–Crippen LogP) is 4.23. The van der Waals surface area contributed by atoms with Crippen molar-refractivity contribution in [2.45, 2.75) is 13.5 Å². The largest absolute Gasteiger partial charge is 0.384 e. The van der Waals surface area contributed by atoms with Gasteiger partial charge in [0.1, 0.15) is 17.2 Å². The van der Waals surface area contributed by atoms with Gasteiger partial charge < -0.3 is 10.3 Å². The summed E-state index contributed by atoms with van der Waals surface area (Å²) in [5.41, 5.74) is 11.6. The smallest absolute Gasteiger partial charge is 0.245 e. The molecule has 0 aliphatic heterocycles. The van der Waals surface area contributed by atoms with Gasteiger partial charge in [-0.05, 0) is 41.5 Å². The fourth-order valence-electron chi connectivity index (χ4n) is 3.98. The van der Waals surface area contributed by atoms with Crippen LogP contribution in [0.4, 0.5) is 5.82 Å². The number of anilines is 1. The van der Waals surface area contributed by atoms with E-state index in [2.05, 4.69) is 31.8 Å². The molecule has 0 atom stereocenters. The second kappa shape index (κ2) is 6.51. The highest BCUT2D eigenvalue weighted by molar-refractivity contribution is 6.32. The summed E-state index contributed by atoms with van der Waals surface area (Å²) in [6.07, 6.45) is 0. The van der Waals surface area contributed by atoms with Crippen LogP contribution in [0.2, 0.25) is 5.02 Å². The van der Waals surface area contributed by atoms with Crippen molar-refractivity contribution < 1.29 is 4.63 Å². The Bertz CT molecular complexity index is 1610. The molecule has 6 aromatic rings. The van der Waals surface area contributed by atoms with Crippen LogP contribution in [0.5, 0.6) is 0 Å². The van der Waals surface area contributed by atoms with Crippen molar-refractivity contribution >= 4 is 50.9 Å². The highest BCUT2D eigenvalue weighted by Crippen LogP contribution is 2.39. The minimum atomic E-state index is 0.286. The highest BCUT2D eigenvalue weighted by Gasteiger charge is 2.26. The molecular formula is C21H15ClN8O. The Balaban J connectivity index is 1.79. The lowest BCUT2D eigenvalue weighted by molar-refractivity contribution is 0.314. The monoisotopic (exact) mass is 430 g/mol. The average Bonchev–Trinajstić information content (AvgIpc) is 3.45. The number of rotatable bonds is 3. The van der Waals surface area contributed by atoms with Crippen molar-refractivity contribution in [3.63, 3.8) is 0 Å². The summed E-state index contributed by atoms with van der Waals surface area (Å²) >= 11 is 6.51. The number of hydrogen-bond donors (Lipinski definition) is 1. The van der Waals surface area contributed by atoms with Gasteiger partial charge in [0.25, 0.3) is 0 Å². The number of imidazole rings is 1. The first-order valence-electron chi connectivity index (χ1n) is 9.68. The van der Waals surface area contributed by atoms with Gasteiger partial charge in [0, 0.05) is 6.54 Å². The van der Waals surface area contributed by atoms with Crippen molar-refractivity contribution in [2.24, 2.45) is 0 Å². The number of nitrogen functional groups attached to an aromatic ring is 1. The second-order valence-corrected chi connectivity index (χ2v) is 7.43. The van der Waals surface area contributed by atoms with Gasteiger partial charge >= 0.3 is 0 Å². The molecule has 0 unspecified atom stereocenters. The van der Waals surface area contributed by atoms with Gasteiger partial charge in [-0.15, -0.1) is 0 Å². The number of hydrogen-bond acceptors (Lipinski definition) is 7. The van der Waals surface area contributed by atoms with Gasteiger partial charge in [-0.25, -0.2) is 19.6 Å².